The van der Waals surface area contributed by atoms with Crippen molar-refractivity contribution in [3.63, 3.8) is 0 Å². The molecule has 1 aliphatic heterocycles. The number of hydrogen-bond acceptors (Lipinski definition) is 4. The Balaban J connectivity index is 1.39. The first-order valence-corrected chi connectivity index (χ1v) is 10.1. The molecule has 1 atom stereocenters. The number of fused-ring (bicyclic) bond motifs is 1. The zero-order valence-electron chi connectivity index (χ0n) is 15.9. The van der Waals surface area contributed by atoms with Crippen molar-refractivity contribution < 1.29 is 9.18 Å². The van der Waals surface area contributed by atoms with Gasteiger partial charge in [0.2, 0.25) is 5.91 Å². The molecule has 1 aliphatic rings. The molecule has 6 heteroatoms. The summed E-state index contributed by atoms with van der Waals surface area (Å²) in [5.74, 6) is -0.251. The molecule has 0 bridgehead atoms. The Labute approximate surface area is 168 Å². The first kappa shape index (κ1) is 18.8. The molecule has 3 aromatic rings. The lowest BCUT2D eigenvalue weighted by Crippen LogP contribution is -2.35. The van der Waals surface area contributed by atoms with Gasteiger partial charge in [0.25, 0.3) is 0 Å². The van der Waals surface area contributed by atoms with Crippen LogP contribution in [-0.4, -0.2) is 22.3 Å². The molecule has 0 radical (unpaired) electrons. The fourth-order valence-corrected chi connectivity index (χ4v) is 4.67. The Morgan fingerprint density at radius 2 is 1.82 bits per heavy atom. The highest BCUT2D eigenvalue weighted by Gasteiger charge is 2.22. The van der Waals surface area contributed by atoms with E-state index in [-0.39, 0.29) is 17.8 Å². The molecule has 0 fully saturated rings. The highest BCUT2D eigenvalue weighted by molar-refractivity contribution is 7.15. The number of carbonyl (C=O) groups excluding carboxylic acids is 1. The van der Waals surface area contributed by atoms with Crippen LogP contribution in [0.1, 0.15) is 34.7 Å². The number of aromatic nitrogens is 1. The van der Waals surface area contributed by atoms with E-state index in [0.717, 1.165) is 34.2 Å². The van der Waals surface area contributed by atoms with E-state index in [9.17, 15) is 9.18 Å². The first-order chi connectivity index (χ1) is 13.5. The highest BCUT2D eigenvalue weighted by Crippen LogP contribution is 2.32. The van der Waals surface area contributed by atoms with Gasteiger partial charge in [0, 0.05) is 18.7 Å². The zero-order valence-corrected chi connectivity index (χ0v) is 16.7. The van der Waals surface area contributed by atoms with Crippen molar-refractivity contribution in [2.75, 3.05) is 6.54 Å². The predicted molar refractivity (Wildman–Crippen MR) is 109 cm³/mol. The smallest absolute Gasteiger partial charge is 0.234 e. The van der Waals surface area contributed by atoms with Gasteiger partial charge in [-0.3, -0.25) is 9.69 Å². The second-order valence-corrected chi connectivity index (χ2v) is 8.21. The fourth-order valence-electron chi connectivity index (χ4n) is 3.60. The Kier molecular flexibility index (Phi) is 5.24. The molecule has 1 N–H and O–H groups in total. The summed E-state index contributed by atoms with van der Waals surface area (Å²) in [6.45, 7) is 5.92. The third-order valence-electron chi connectivity index (χ3n) is 4.97. The van der Waals surface area contributed by atoms with Crippen molar-refractivity contribution in [1.29, 1.82) is 0 Å². The van der Waals surface area contributed by atoms with Crippen molar-refractivity contribution in [2.24, 2.45) is 0 Å². The summed E-state index contributed by atoms with van der Waals surface area (Å²) in [7, 11) is 0. The minimum atomic E-state index is -0.262. The van der Waals surface area contributed by atoms with Gasteiger partial charge in [0.15, 0.2) is 0 Å². The maximum atomic E-state index is 13.1. The van der Waals surface area contributed by atoms with Crippen LogP contribution >= 0.6 is 11.3 Å². The third kappa shape index (κ3) is 3.98. The molecule has 0 aliphatic carbocycles. The molecule has 4 nitrogen and oxygen atoms in total. The van der Waals surface area contributed by atoms with Crippen molar-refractivity contribution in [3.8, 4) is 10.6 Å². The normalized spacial score (nSPS) is 14.7. The molecule has 2 aromatic carbocycles. The topological polar surface area (TPSA) is 45.2 Å². The maximum absolute atomic E-state index is 13.1. The summed E-state index contributed by atoms with van der Waals surface area (Å²) in [6, 6.07) is 14.5. The molecular formula is C22H22FN3OS. The summed E-state index contributed by atoms with van der Waals surface area (Å²) < 4.78 is 13.1. The molecule has 0 unspecified atom stereocenters. The molecule has 0 saturated heterocycles. The summed E-state index contributed by atoms with van der Waals surface area (Å²) in [5.41, 5.74) is 4.37. The Bertz CT molecular complexity index is 974. The van der Waals surface area contributed by atoms with Crippen LogP contribution in [0.3, 0.4) is 0 Å². The SMILES string of the molecule is Cc1nc(-c2ccc(F)cc2)sc1[C@H](C)NC(=O)CN1Cc2ccccc2C1. The van der Waals surface area contributed by atoms with Crippen LogP contribution in [0.4, 0.5) is 4.39 Å². The monoisotopic (exact) mass is 395 g/mol. The van der Waals surface area contributed by atoms with Gasteiger partial charge in [-0.1, -0.05) is 24.3 Å². The van der Waals surface area contributed by atoms with Crippen molar-refractivity contribution in [1.82, 2.24) is 15.2 Å². The molecule has 1 aromatic heterocycles. The van der Waals surface area contributed by atoms with Crippen LogP contribution in [0, 0.1) is 12.7 Å². The quantitative estimate of drug-likeness (QED) is 0.694. The number of hydrogen-bond donors (Lipinski definition) is 1. The third-order valence-corrected chi connectivity index (χ3v) is 6.36. The minimum absolute atomic E-state index is 0.0106. The van der Waals surface area contributed by atoms with Gasteiger partial charge in [-0.15, -0.1) is 11.3 Å². The lowest BCUT2D eigenvalue weighted by Gasteiger charge is -2.17. The van der Waals surface area contributed by atoms with Crippen LogP contribution in [0.15, 0.2) is 48.5 Å². The van der Waals surface area contributed by atoms with E-state index in [4.69, 9.17) is 0 Å². The summed E-state index contributed by atoms with van der Waals surface area (Å²) >= 11 is 1.54. The van der Waals surface area contributed by atoms with E-state index in [1.54, 1.807) is 12.1 Å². The molecule has 1 amide bonds. The first-order valence-electron chi connectivity index (χ1n) is 9.31. The number of aryl methyl sites for hydroxylation is 1. The molecule has 0 saturated carbocycles. The second kappa shape index (κ2) is 7.81. The average Bonchev–Trinajstić information content (AvgIpc) is 3.25. The summed E-state index contributed by atoms with van der Waals surface area (Å²) in [5, 5.41) is 3.93. The molecule has 4 rings (SSSR count). The van der Waals surface area contributed by atoms with Gasteiger partial charge in [0.05, 0.1) is 23.2 Å². The predicted octanol–water partition coefficient (Wildman–Crippen LogP) is 4.45. The van der Waals surface area contributed by atoms with E-state index in [1.807, 2.05) is 26.0 Å². The Hall–Kier alpha value is -2.57. The average molecular weight is 396 g/mol. The van der Waals surface area contributed by atoms with Gasteiger partial charge in [0.1, 0.15) is 10.8 Å². The van der Waals surface area contributed by atoms with Gasteiger partial charge in [-0.05, 0) is 49.2 Å². The largest absolute Gasteiger partial charge is 0.348 e. The molecule has 28 heavy (non-hydrogen) atoms. The van der Waals surface area contributed by atoms with Gasteiger partial charge >= 0.3 is 0 Å². The van der Waals surface area contributed by atoms with E-state index in [2.05, 4.69) is 27.3 Å². The van der Waals surface area contributed by atoms with E-state index >= 15 is 0 Å². The van der Waals surface area contributed by atoms with Gasteiger partial charge < -0.3 is 5.32 Å². The van der Waals surface area contributed by atoms with Crippen LogP contribution in [0.5, 0.6) is 0 Å². The number of thiazole rings is 1. The second-order valence-electron chi connectivity index (χ2n) is 7.18. The molecule has 2 heterocycles. The minimum Gasteiger partial charge on any atom is -0.348 e. The lowest BCUT2D eigenvalue weighted by molar-refractivity contribution is -0.123. The van der Waals surface area contributed by atoms with E-state index < -0.39 is 0 Å². The molecule has 144 valence electrons. The Morgan fingerprint density at radius 3 is 2.46 bits per heavy atom. The van der Waals surface area contributed by atoms with E-state index in [0.29, 0.717) is 6.54 Å². The van der Waals surface area contributed by atoms with Crippen LogP contribution in [-0.2, 0) is 17.9 Å². The molecule has 0 spiro atoms. The van der Waals surface area contributed by atoms with Crippen molar-refractivity contribution in [2.45, 2.75) is 33.0 Å². The number of amides is 1. The Morgan fingerprint density at radius 1 is 1.18 bits per heavy atom. The van der Waals surface area contributed by atoms with Crippen molar-refractivity contribution >= 4 is 17.2 Å². The summed E-state index contributed by atoms with van der Waals surface area (Å²) in [4.78, 5) is 20.3. The highest BCUT2D eigenvalue weighted by atomic mass is 32.1. The maximum Gasteiger partial charge on any atom is 0.234 e. The number of nitrogens with one attached hydrogen (secondary N) is 1. The number of nitrogens with zero attached hydrogens (tertiary/aromatic N) is 2. The number of carbonyl (C=O) groups is 1. The lowest BCUT2D eigenvalue weighted by atomic mass is 10.1. The fraction of sp³-hybridized carbons (Fsp3) is 0.273. The standard InChI is InChI=1S/C22H22FN3OS/c1-14(21-15(2)25-22(28-21)16-7-9-19(23)10-8-16)24-20(27)13-26-11-17-5-3-4-6-18(17)12-26/h3-10,14H,11-13H2,1-2H3,(H,24,27)/t14-/m0/s1. The van der Waals surface area contributed by atoms with Gasteiger partial charge in [-0.2, -0.15) is 0 Å². The summed E-state index contributed by atoms with van der Waals surface area (Å²) in [6.07, 6.45) is 0. The van der Waals surface area contributed by atoms with E-state index in [1.165, 1.54) is 34.6 Å². The number of benzene rings is 2. The van der Waals surface area contributed by atoms with Crippen molar-refractivity contribution in [3.05, 3.63) is 76.0 Å². The number of halogens is 1. The van der Waals surface area contributed by atoms with Crippen LogP contribution in [0.25, 0.3) is 10.6 Å². The van der Waals surface area contributed by atoms with Crippen LogP contribution in [0.2, 0.25) is 0 Å². The molecular weight excluding hydrogens is 373 g/mol. The number of rotatable bonds is 5. The van der Waals surface area contributed by atoms with Gasteiger partial charge in [-0.25, -0.2) is 9.37 Å². The zero-order chi connectivity index (χ0) is 19.7. The van der Waals surface area contributed by atoms with Crippen LogP contribution < -0.4 is 5.32 Å².